The number of para-hydroxylation sites is 1. The van der Waals surface area contributed by atoms with E-state index in [4.69, 9.17) is 4.74 Å². The highest BCUT2D eigenvalue weighted by Gasteiger charge is 2.35. The molecule has 1 unspecified atom stereocenters. The topological polar surface area (TPSA) is 66.8 Å². The predicted octanol–water partition coefficient (Wildman–Crippen LogP) is 2.45. The van der Waals surface area contributed by atoms with Crippen LogP contribution in [0.4, 0.5) is 0 Å². The standard InChI is InChI=1S/C19H19NO4/c1-24-16-9-5-3-7-14(16)12-17(21)20-11-10-13-6-2-4-8-15(13)18(20)19(22)23/h2-9,18H,10-12H2,1H3,(H,22,23). The van der Waals surface area contributed by atoms with Crippen LogP contribution in [0.25, 0.3) is 0 Å². The highest BCUT2D eigenvalue weighted by Crippen LogP contribution is 2.31. The molecule has 0 radical (unpaired) electrons. The maximum Gasteiger partial charge on any atom is 0.331 e. The summed E-state index contributed by atoms with van der Waals surface area (Å²) in [5.41, 5.74) is 2.45. The van der Waals surface area contributed by atoms with Gasteiger partial charge in [-0.3, -0.25) is 4.79 Å². The van der Waals surface area contributed by atoms with Crippen molar-refractivity contribution in [3.05, 3.63) is 65.2 Å². The molecule has 0 aromatic heterocycles. The number of aliphatic carboxylic acids is 1. The zero-order valence-corrected chi connectivity index (χ0v) is 13.4. The van der Waals surface area contributed by atoms with Crippen molar-refractivity contribution in [1.29, 1.82) is 0 Å². The summed E-state index contributed by atoms with van der Waals surface area (Å²) in [6.45, 7) is 0.405. The van der Waals surface area contributed by atoms with Crippen LogP contribution in [0.2, 0.25) is 0 Å². The van der Waals surface area contributed by atoms with E-state index in [1.54, 1.807) is 19.2 Å². The van der Waals surface area contributed by atoms with E-state index in [1.165, 1.54) is 4.90 Å². The van der Waals surface area contributed by atoms with Crippen LogP contribution in [0.15, 0.2) is 48.5 Å². The summed E-state index contributed by atoms with van der Waals surface area (Å²) in [6, 6.07) is 13.8. The molecule has 5 heteroatoms. The number of benzene rings is 2. The van der Waals surface area contributed by atoms with Crippen LogP contribution >= 0.6 is 0 Å². The number of carbonyl (C=O) groups excluding carboxylic acids is 1. The van der Waals surface area contributed by atoms with E-state index in [2.05, 4.69) is 0 Å². The van der Waals surface area contributed by atoms with Crippen LogP contribution in [0.5, 0.6) is 5.75 Å². The third-order valence-corrected chi connectivity index (χ3v) is 4.37. The molecular formula is C19H19NO4. The number of methoxy groups -OCH3 is 1. The van der Waals surface area contributed by atoms with Crippen molar-refractivity contribution < 1.29 is 19.4 Å². The van der Waals surface area contributed by atoms with Gasteiger partial charge >= 0.3 is 5.97 Å². The lowest BCUT2D eigenvalue weighted by Crippen LogP contribution is -2.44. The molecule has 124 valence electrons. The Morgan fingerprint density at radius 1 is 1.17 bits per heavy atom. The molecule has 2 aromatic carbocycles. The largest absolute Gasteiger partial charge is 0.496 e. The van der Waals surface area contributed by atoms with Gasteiger partial charge in [-0.1, -0.05) is 42.5 Å². The summed E-state index contributed by atoms with van der Waals surface area (Å²) in [5.74, 6) is -0.577. The second kappa shape index (κ2) is 6.74. The summed E-state index contributed by atoms with van der Waals surface area (Å²) in [4.78, 5) is 26.0. The van der Waals surface area contributed by atoms with Crippen LogP contribution in [-0.4, -0.2) is 35.5 Å². The molecule has 1 aliphatic heterocycles. The third-order valence-electron chi connectivity index (χ3n) is 4.37. The molecule has 2 aromatic rings. The van der Waals surface area contributed by atoms with Gasteiger partial charge in [-0.05, 0) is 23.6 Å². The fourth-order valence-electron chi connectivity index (χ4n) is 3.22. The first kappa shape index (κ1) is 16.1. The Bertz CT molecular complexity index is 771. The first-order valence-corrected chi connectivity index (χ1v) is 7.83. The van der Waals surface area contributed by atoms with Crippen molar-refractivity contribution in [3.8, 4) is 5.75 Å². The molecule has 0 spiro atoms. The van der Waals surface area contributed by atoms with Crippen LogP contribution in [0, 0.1) is 0 Å². The van der Waals surface area contributed by atoms with Gasteiger partial charge < -0.3 is 14.7 Å². The third kappa shape index (κ3) is 2.97. The van der Waals surface area contributed by atoms with Crippen LogP contribution < -0.4 is 4.74 Å². The smallest absolute Gasteiger partial charge is 0.331 e. The molecule has 1 N–H and O–H groups in total. The molecule has 1 amide bonds. The number of carboxylic acids is 1. The number of ether oxygens (including phenoxy) is 1. The van der Waals surface area contributed by atoms with Gasteiger partial charge in [0.25, 0.3) is 0 Å². The minimum Gasteiger partial charge on any atom is -0.496 e. The molecule has 24 heavy (non-hydrogen) atoms. The molecule has 0 fully saturated rings. The van der Waals surface area contributed by atoms with Crippen LogP contribution in [-0.2, 0) is 22.4 Å². The Hall–Kier alpha value is -2.82. The normalized spacial score (nSPS) is 16.4. The second-order valence-electron chi connectivity index (χ2n) is 5.77. The molecule has 0 saturated carbocycles. The summed E-state index contributed by atoms with van der Waals surface area (Å²) in [7, 11) is 1.56. The zero-order valence-electron chi connectivity index (χ0n) is 13.4. The highest BCUT2D eigenvalue weighted by atomic mass is 16.5. The summed E-state index contributed by atoms with van der Waals surface area (Å²) < 4.78 is 5.28. The number of hydrogen-bond donors (Lipinski definition) is 1. The number of nitrogens with zero attached hydrogens (tertiary/aromatic N) is 1. The molecule has 0 aliphatic carbocycles. The maximum absolute atomic E-state index is 12.8. The quantitative estimate of drug-likeness (QED) is 0.937. The van der Waals surface area contributed by atoms with Crippen molar-refractivity contribution in [3.63, 3.8) is 0 Å². The van der Waals surface area contributed by atoms with E-state index in [0.29, 0.717) is 24.3 Å². The molecule has 1 atom stereocenters. The predicted molar refractivity (Wildman–Crippen MR) is 88.9 cm³/mol. The minimum absolute atomic E-state index is 0.121. The first-order valence-electron chi connectivity index (χ1n) is 7.83. The van der Waals surface area contributed by atoms with Crippen molar-refractivity contribution >= 4 is 11.9 Å². The lowest BCUT2D eigenvalue weighted by atomic mass is 9.92. The van der Waals surface area contributed by atoms with Gasteiger partial charge in [0.05, 0.1) is 13.5 Å². The zero-order chi connectivity index (χ0) is 17.1. The van der Waals surface area contributed by atoms with Crippen LogP contribution in [0.1, 0.15) is 22.7 Å². The van der Waals surface area contributed by atoms with Crippen LogP contribution in [0.3, 0.4) is 0 Å². The van der Waals surface area contributed by atoms with E-state index in [0.717, 1.165) is 11.1 Å². The molecular weight excluding hydrogens is 306 g/mol. The fourth-order valence-corrected chi connectivity index (χ4v) is 3.22. The van der Waals surface area contributed by atoms with Gasteiger partial charge in [0.15, 0.2) is 6.04 Å². The molecule has 0 bridgehead atoms. The molecule has 5 nitrogen and oxygen atoms in total. The maximum atomic E-state index is 12.8. The van der Waals surface area contributed by atoms with Gasteiger partial charge in [0.1, 0.15) is 5.75 Å². The van der Waals surface area contributed by atoms with Gasteiger partial charge in [-0.25, -0.2) is 4.79 Å². The summed E-state index contributed by atoms with van der Waals surface area (Å²) >= 11 is 0. The first-order chi connectivity index (χ1) is 11.6. The van der Waals surface area contributed by atoms with Crippen molar-refractivity contribution in [2.75, 3.05) is 13.7 Å². The molecule has 1 aliphatic rings. The summed E-state index contributed by atoms with van der Waals surface area (Å²) in [6.07, 6.45) is 0.785. The molecule has 1 heterocycles. The number of rotatable bonds is 4. The second-order valence-corrected chi connectivity index (χ2v) is 5.77. The van der Waals surface area contributed by atoms with Gasteiger partial charge in [0, 0.05) is 12.1 Å². The lowest BCUT2D eigenvalue weighted by molar-refractivity contribution is -0.151. The molecule has 3 rings (SSSR count). The lowest BCUT2D eigenvalue weighted by Gasteiger charge is -2.35. The Morgan fingerprint density at radius 2 is 1.88 bits per heavy atom. The van der Waals surface area contributed by atoms with Gasteiger partial charge in [0.2, 0.25) is 5.91 Å². The van der Waals surface area contributed by atoms with E-state index in [-0.39, 0.29) is 12.3 Å². The minimum atomic E-state index is -1.00. The Labute approximate surface area is 140 Å². The average Bonchev–Trinajstić information content (AvgIpc) is 2.60. The average molecular weight is 325 g/mol. The fraction of sp³-hybridized carbons (Fsp3) is 0.263. The van der Waals surface area contributed by atoms with E-state index in [1.807, 2.05) is 36.4 Å². The van der Waals surface area contributed by atoms with Crippen molar-refractivity contribution in [1.82, 2.24) is 4.90 Å². The van der Waals surface area contributed by atoms with Gasteiger partial charge in [-0.15, -0.1) is 0 Å². The molecule has 0 saturated heterocycles. The monoisotopic (exact) mass is 325 g/mol. The van der Waals surface area contributed by atoms with Crippen molar-refractivity contribution in [2.45, 2.75) is 18.9 Å². The van der Waals surface area contributed by atoms with E-state index < -0.39 is 12.0 Å². The Kier molecular flexibility index (Phi) is 4.51. The van der Waals surface area contributed by atoms with E-state index >= 15 is 0 Å². The number of hydrogen-bond acceptors (Lipinski definition) is 3. The number of carboxylic acid groups (broad SMARTS) is 1. The highest BCUT2D eigenvalue weighted by molar-refractivity contribution is 5.87. The Morgan fingerprint density at radius 3 is 2.62 bits per heavy atom. The summed E-state index contributed by atoms with van der Waals surface area (Å²) in [5, 5.41) is 9.65. The van der Waals surface area contributed by atoms with Crippen molar-refractivity contribution in [2.24, 2.45) is 0 Å². The van der Waals surface area contributed by atoms with Gasteiger partial charge in [-0.2, -0.15) is 0 Å². The number of fused-ring (bicyclic) bond motifs is 1. The van der Waals surface area contributed by atoms with E-state index in [9.17, 15) is 14.7 Å². The number of amides is 1. The Balaban J connectivity index is 1.88. The number of carbonyl (C=O) groups is 2. The SMILES string of the molecule is COc1ccccc1CC(=O)N1CCc2ccccc2C1C(=O)O.